The fourth-order valence-corrected chi connectivity index (χ4v) is 9.14. The summed E-state index contributed by atoms with van der Waals surface area (Å²) in [5.74, 6) is -1.61. The lowest BCUT2D eigenvalue weighted by Gasteiger charge is -2.64. The molecule has 0 unspecified atom stereocenters. The van der Waals surface area contributed by atoms with Gasteiger partial charge in [-0.15, -0.1) is 0 Å². The Morgan fingerprint density at radius 1 is 1.17 bits per heavy atom. The minimum Gasteiger partial charge on any atom is -0.454 e. The molecule has 0 heterocycles. The number of allylic oxidation sites excluding steroid dienone is 4. The fourth-order valence-electron chi connectivity index (χ4n) is 8.04. The van der Waals surface area contributed by atoms with Gasteiger partial charge in [0.15, 0.2) is 12.4 Å². The lowest BCUT2D eigenvalue weighted by Crippen LogP contribution is -2.68. The van der Waals surface area contributed by atoms with E-state index in [2.05, 4.69) is 22.9 Å². The normalized spacial score (nSPS) is 43.2. The number of carbonyl (C=O) groups is 3. The van der Waals surface area contributed by atoms with Gasteiger partial charge in [-0.1, -0.05) is 66.5 Å². The van der Waals surface area contributed by atoms with Crippen LogP contribution in [0, 0.1) is 28.6 Å². The average Bonchev–Trinajstić information content (AvgIpc) is 3.05. The van der Waals surface area contributed by atoms with Crippen LogP contribution in [-0.2, 0) is 14.3 Å². The fraction of sp³-hybridized carbons (Fsp3) is 0.552. The van der Waals surface area contributed by atoms with Gasteiger partial charge >= 0.3 is 5.97 Å². The molecular weight excluding hydrogens is 524 g/mol. The standard InChI is InChI=1S/C29H33BrO6/c1-17-13-22-21-10-9-19-14-20(31)11-12-26(19,2)28(21,30)23(32)15-27(22,3)29(17,35)24(33)16-36-25(34)18-7-5-4-6-8-18/h4-8,11-12,14,17,21-23,32,35H,9-10,13,15-16H2,1-3H3/t17-,21-,22-,23-,26-,27-,28-,29-/m0/s1. The second-order valence-corrected chi connectivity index (χ2v) is 12.8. The van der Waals surface area contributed by atoms with Crippen LogP contribution in [0.3, 0.4) is 0 Å². The van der Waals surface area contributed by atoms with Crippen LogP contribution in [0.25, 0.3) is 0 Å². The molecule has 1 aromatic rings. The van der Waals surface area contributed by atoms with Crippen molar-refractivity contribution in [3.8, 4) is 0 Å². The van der Waals surface area contributed by atoms with E-state index in [1.165, 1.54) is 0 Å². The van der Waals surface area contributed by atoms with Crippen molar-refractivity contribution in [2.45, 2.75) is 62.5 Å². The maximum Gasteiger partial charge on any atom is 0.338 e. The quantitative estimate of drug-likeness (QED) is 0.426. The first-order valence-electron chi connectivity index (χ1n) is 12.7. The molecule has 0 saturated heterocycles. The number of aliphatic hydroxyl groups excluding tert-OH is 1. The monoisotopic (exact) mass is 556 g/mol. The summed E-state index contributed by atoms with van der Waals surface area (Å²) in [4.78, 5) is 38.1. The number of ether oxygens (including phenoxy) is 1. The molecule has 8 atom stereocenters. The largest absolute Gasteiger partial charge is 0.454 e. The Labute approximate surface area is 219 Å². The molecule has 3 fully saturated rings. The van der Waals surface area contributed by atoms with Gasteiger partial charge in [0, 0.05) is 10.8 Å². The molecule has 6 nitrogen and oxygen atoms in total. The number of alkyl halides is 1. The molecule has 7 heteroatoms. The van der Waals surface area contributed by atoms with Gasteiger partial charge in [-0.25, -0.2) is 4.79 Å². The van der Waals surface area contributed by atoms with Crippen molar-refractivity contribution in [2.75, 3.05) is 6.61 Å². The molecule has 1 aromatic carbocycles. The summed E-state index contributed by atoms with van der Waals surface area (Å²) in [6, 6.07) is 8.45. The third-order valence-corrected chi connectivity index (χ3v) is 11.9. The zero-order valence-corrected chi connectivity index (χ0v) is 22.5. The van der Waals surface area contributed by atoms with Crippen molar-refractivity contribution in [3.63, 3.8) is 0 Å². The zero-order chi connectivity index (χ0) is 26.1. The van der Waals surface area contributed by atoms with Crippen LogP contribution in [0.15, 0.2) is 54.1 Å². The smallest absolute Gasteiger partial charge is 0.338 e. The van der Waals surface area contributed by atoms with E-state index >= 15 is 0 Å². The van der Waals surface area contributed by atoms with Gasteiger partial charge in [0.05, 0.1) is 16.0 Å². The minimum absolute atomic E-state index is 0.0256. The molecule has 5 rings (SSSR count). The molecule has 192 valence electrons. The molecular formula is C29H33BrO6. The van der Waals surface area contributed by atoms with Crippen LogP contribution in [-0.4, -0.2) is 50.4 Å². The molecule has 2 N–H and O–H groups in total. The minimum atomic E-state index is -1.74. The Morgan fingerprint density at radius 2 is 1.86 bits per heavy atom. The zero-order valence-electron chi connectivity index (χ0n) is 20.9. The summed E-state index contributed by atoms with van der Waals surface area (Å²) in [6.45, 7) is 5.32. The highest BCUT2D eigenvalue weighted by Crippen LogP contribution is 2.71. The van der Waals surface area contributed by atoms with E-state index in [0.717, 1.165) is 18.4 Å². The predicted molar refractivity (Wildman–Crippen MR) is 137 cm³/mol. The summed E-state index contributed by atoms with van der Waals surface area (Å²) in [6.07, 6.45) is 6.61. The Hall–Kier alpha value is -2.09. The third kappa shape index (κ3) is 3.25. The van der Waals surface area contributed by atoms with E-state index in [9.17, 15) is 24.6 Å². The maximum absolute atomic E-state index is 13.6. The SMILES string of the molecule is C[C@H]1C[C@H]2[C@@H]3CCC4=CC(=O)C=C[C@]4(C)[C@@]3(Br)[C@@H](O)C[C@]2(C)[C@@]1(O)C(=O)COC(=O)c1ccccc1. The van der Waals surface area contributed by atoms with E-state index in [1.54, 1.807) is 42.5 Å². The van der Waals surface area contributed by atoms with Gasteiger partial charge in [-0.2, -0.15) is 0 Å². The van der Waals surface area contributed by atoms with Gasteiger partial charge in [0.2, 0.25) is 5.78 Å². The highest BCUT2D eigenvalue weighted by atomic mass is 79.9. The number of rotatable bonds is 4. The summed E-state index contributed by atoms with van der Waals surface area (Å²) in [7, 11) is 0. The molecule has 4 aliphatic rings. The first-order valence-corrected chi connectivity index (χ1v) is 13.5. The van der Waals surface area contributed by atoms with E-state index in [-0.39, 0.29) is 30.0 Å². The van der Waals surface area contributed by atoms with Crippen LogP contribution in [0.1, 0.15) is 56.8 Å². The molecule has 0 radical (unpaired) electrons. The Kier molecular flexibility index (Phi) is 6.01. The summed E-state index contributed by atoms with van der Waals surface area (Å²) < 4.78 is 4.60. The number of Topliss-reactive ketones (excluding diaryl/α,β-unsaturated/α-hetero) is 1. The van der Waals surface area contributed by atoms with Crippen molar-refractivity contribution in [1.29, 1.82) is 0 Å². The first kappa shape index (κ1) is 25.6. The van der Waals surface area contributed by atoms with Crippen molar-refractivity contribution >= 4 is 33.5 Å². The van der Waals surface area contributed by atoms with Crippen LogP contribution in [0.5, 0.6) is 0 Å². The highest BCUT2D eigenvalue weighted by molar-refractivity contribution is 9.10. The summed E-state index contributed by atoms with van der Waals surface area (Å²) >= 11 is 4.00. The number of halogens is 1. The Balaban J connectivity index is 1.44. The van der Waals surface area contributed by atoms with Crippen LogP contribution in [0.4, 0.5) is 0 Å². The third-order valence-electron chi connectivity index (χ3n) is 9.99. The number of ketones is 2. The van der Waals surface area contributed by atoms with Crippen molar-refractivity contribution in [1.82, 2.24) is 0 Å². The van der Waals surface area contributed by atoms with Crippen molar-refractivity contribution < 1.29 is 29.3 Å². The van der Waals surface area contributed by atoms with Crippen LogP contribution >= 0.6 is 15.9 Å². The van der Waals surface area contributed by atoms with Crippen molar-refractivity contribution in [3.05, 3.63) is 59.7 Å². The lowest BCUT2D eigenvalue weighted by molar-refractivity contribution is -0.178. The molecule has 0 aliphatic heterocycles. The number of fused-ring (bicyclic) bond motifs is 5. The van der Waals surface area contributed by atoms with Crippen LogP contribution < -0.4 is 0 Å². The van der Waals surface area contributed by atoms with E-state index in [1.807, 2.05) is 19.9 Å². The second kappa shape index (κ2) is 8.47. The first-order chi connectivity index (χ1) is 16.9. The summed E-state index contributed by atoms with van der Waals surface area (Å²) in [5, 5.41) is 23.8. The topological polar surface area (TPSA) is 101 Å². The van der Waals surface area contributed by atoms with Crippen LogP contribution in [0.2, 0.25) is 0 Å². The average molecular weight is 557 g/mol. The molecule has 3 saturated carbocycles. The lowest BCUT2D eigenvalue weighted by atomic mass is 9.46. The van der Waals surface area contributed by atoms with Gasteiger partial charge in [0.25, 0.3) is 0 Å². The Bertz CT molecular complexity index is 1180. The van der Waals surface area contributed by atoms with Crippen molar-refractivity contribution in [2.24, 2.45) is 28.6 Å². The highest BCUT2D eigenvalue weighted by Gasteiger charge is 2.74. The molecule has 0 bridgehead atoms. The number of aliphatic hydroxyl groups is 2. The second-order valence-electron chi connectivity index (χ2n) is 11.5. The van der Waals surface area contributed by atoms with E-state index < -0.39 is 45.2 Å². The molecule has 4 aliphatic carbocycles. The maximum atomic E-state index is 13.6. The number of carbonyl (C=O) groups excluding carboxylic acids is 3. The molecule has 36 heavy (non-hydrogen) atoms. The molecule has 0 spiro atoms. The number of hydrogen-bond donors (Lipinski definition) is 2. The van der Waals surface area contributed by atoms with Gasteiger partial charge in [-0.3, -0.25) is 9.59 Å². The predicted octanol–water partition coefficient (Wildman–Crippen LogP) is 4.19. The van der Waals surface area contributed by atoms with Gasteiger partial charge < -0.3 is 14.9 Å². The number of esters is 1. The van der Waals surface area contributed by atoms with E-state index in [0.29, 0.717) is 12.0 Å². The number of benzene rings is 1. The van der Waals surface area contributed by atoms with Gasteiger partial charge in [-0.05, 0) is 67.7 Å². The van der Waals surface area contributed by atoms with Gasteiger partial charge in [0.1, 0.15) is 5.60 Å². The van der Waals surface area contributed by atoms with E-state index in [4.69, 9.17) is 4.74 Å². The summed E-state index contributed by atoms with van der Waals surface area (Å²) in [5.41, 5.74) is -1.83. The molecule has 0 amide bonds. The molecule has 0 aromatic heterocycles. The number of hydrogen-bond acceptors (Lipinski definition) is 6. The Morgan fingerprint density at radius 3 is 2.56 bits per heavy atom.